The molecule has 3 nitrogen and oxygen atoms in total. The summed E-state index contributed by atoms with van der Waals surface area (Å²) in [5.74, 6) is 0. The van der Waals surface area contributed by atoms with Crippen molar-refractivity contribution in [1.82, 2.24) is 10.2 Å². The van der Waals surface area contributed by atoms with Crippen LogP contribution in [-0.2, 0) is 4.74 Å². The van der Waals surface area contributed by atoms with Gasteiger partial charge in [-0.25, -0.2) is 0 Å². The number of fused-ring (bicyclic) bond motifs is 2. The minimum absolute atomic E-state index is 0.446. The summed E-state index contributed by atoms with van der Waals surface area (Å²) in [6.07, 6.45) is 5.79. The van der Waals surface area contributed by atoms with Crippen molar-refractivity contribution >= 4 is 0 Å². The Morgan fingerprint density at radius 1 is 1.13 bits per heavy atom. The second kappa shape index (κ2) is 4.04. The lowest BCUT2D eigenvalue weighted by Gasteiger charge is -2.31. The van der Waals surface area contributed by atoms with Crippen molar-refractivity contribution in [3.05, 3.63) is 0 Å². The molecule has 4 unspecified atom stereocenters. The highest BCUT2D eigenvalue weighted by Gasteiger charge is 2.35. The quantitative estimate of drug-likeness (QED) is 0.698. The van der Waals surface area contributed by atoms with E-state index in [-0.39, 0.29) is 0 Å². The van der Waals surface area contributed by atoms with E-state index < -0.39 is 0 Å². The first-order valence-electron chi connectivity index (χ1n) is 6.44. The summed E-state index contributed by atoms with van der Waals surface area (Å²) in [5, 5.41) is 3.74. The van der Waals surface area contributed by atoms with Gasteiger partial charge in [-0.1, -0.05) is 0 Å². The highest BCUT2D eigenvalue weighted by Crippen LogP contribution is 2.26. The van der Waals surface area contributed by atoms with Crippen LogP contribution in [0, 0.1) is 0 Å². The van der Waals surface area contributed by atoms with Crippen LogP contribution in [0.2, 0.25) is 0 Å². The molecule has 0 spiro atoms. The van der Waals surface area contributed by atoms with E-state index in [2.05, 4.69) is 17.1 Å². The third kappa shape index (κ3) is 1.93. The Labute approximate surface area is 92.2 Å². The predicted molar refractivity (Wildman–Crippen MR) is 60.0 cm³/mol. The van der Waals surface area contributed by atoms with E-state index in [1.54, 1.807) is 0 Å². The summed E-state index contributed by atoms with van der Waals surface area (Å²) in [6, 6.07) is 2.24. The van der Waals surface area contributed by atoms with Crippen LogP contribution in [0.1, 0.15) is 32.6 Å². The lowest BCUT2D eigenvalue weighted by molar-refractivity contribution is 0.0719. The number of nitrogens with one attached hydrogen (secondary N) is 1. The highest BCUT2D eigenvalue weighted by molar-refractivity contribution is 4.93. The molecular weight excluding hydrogens is 188 g/mol. The van der Waals surface area contributed by atoms with E-state index in [9.17, 15) is 0 Å². The molecule has 0 amide bonds. The lowest BCUT2D eigenvalue weighted by atomic mass is 10.0. The van der Waals surface area contributed by atoms with Crippen LogP contribution >= 0.6 is 0 Å². The molecule has 0 aromatic carbocycles. The van der Waals surface area contributed by atoms with E-state index in [1.165, 1.54) is 38.8 Å². The zero-order valence-corrected chi connectivity index (χ0v) is 9.61. The smallest absolute Gasteiger partial charge is 0.0703 e. The normalized spacial score (nSPS) is 47.0. The van der Waals surface area contributed by atoms with Crippen molar-refractivity contribution in [1.29, 1.82) is 0 Å². The maximum atomic E-state index is 5.68. The zero-order valence-electron chi connectivity index (χ0n) is 9.61. The van der Waals surface area contributed by atoms with Crippen LogP contribution in [0.15, 0.2) is 0 Å². The molecule has 3 heterocycles. The van der Waals surface area contributed by atoms with Crippen LogP contribution in [0.3, 0.4) is 0 Å². The Morgan fingerprint density at radius 2 is 2.00 bits per heavy atom. The fourth-order valence-corrected chi connectivity index (χ4v) is 3.47. The van der Waals surface area contributed by atoms with Crippen LogP contribution < -0.4 is 5.32 Å². The lowest BCUT2D eigenvalue weighted by Crippen LogP contribution is -2.44. The van der Waals surface area contributed by atoms with Gasteiger partial charge in [-0.15, -0.1) is 0 Å². The van der Waals surface area contributed by atoms with Gasteiger partial charge >= 0.3 is 0 Å². The molecule has 0 saturated carbocycles. The van der Waals surface area contributed by atoms with Gasteiger partial charge in [0.2, 0.25) is 0 Å². The van der Waals surface area contributed by atoms with Crippen LogP contribution in [0.5, 0.6) is 0 Å². The van der Waals surface area contributed by atoms with Crippen LogP contribution in [0.4, 0.5) is 0 Å². The molecule has 4 atom stereocenters. The van der Waals surface area contributed by atoms with E-state index in [1.807, 2.05) is 0 Å². The first kappa shape index (κ1) is 10.1. The second-order valence-corrected chi connectivity index (χ2v) is 5.35. The summed E-state index contributed by atoms with van der Waals surface area (Å²) >= 11 is 0. The van der Waals surface area contributed by atoms with E-state index >= 15 is 0 Å². The topological polar surface area (TPSA) is 24.5 Å². The number of nitrogens with zero attached hydrogens (tertiary/aromatic N) is 1. The zero-order chi connectivity index (χ0) is 10.3. The SMILES string of the molecule is CC1OCCC1N1CCC2CCC(C1)N2. The molecule has 0 aliphatic carbocycles. The number of likely N-dealkylation sites (tertiary alicyclic amines) is 1. The molecular formula is C12H22N2O. The Hall–Kier alpha value is -0.120. The Bertz CT molecular complexity index is 234. The van der Waals surface area contributed by atoms with Crippen LogP contribution in [0.25, 0.3) is 0 Å². The molecule has 3 aliphatic heterocycles. The summed E-state index contributed by atoms with van der Waals surface area (Å²) in [6.45, 7) is 5.71. The standard InChI is InChI=1S/C12H22N2O/c1-9-12(5-7-15-9)14-6-4-10-2-3-11(8-14)13-10/h9-13H,2-8H2,1H3. The minimum Gasteiger partial charge on any atom is -0.377 e. The Kier molecular flexibility index (Phi) is 2.71. The van der Waals surface area contributed by atoms with Crippen molar-refractivity contribution in [2.24, 2.45) is 0 Å². The Morgan fingerprint density at radius 3 is 2.80 bits per heavy atom. The van der Waals surface area contributed by atoms with Gasteiger partial charge in [0.1, 0.15) is 0 Å². The molecule has 3 saturated heterocycles. The van der Waals surface area contributed by atoms with Crippen molar-refractivity contribution in [3.8, 4) is 0 Å². The molecule has 1 N–H and O–H groups in total. The average Bonchev–Trinajstić information content (AvgIpc) is 2.74. The van der Waals surface area contributed by atoms with Gasteiger partial charge in [0, 0.05) is 37.8 Å². The van der Waals surface area contributed by atoms with Crippen molar-refractivity contribution in [3.63, 3.8) is 0 Å². The third-order valence-corrected chi connectivity index (χ3v) is 4.36. The number of hydrogen-bond donors (Lipinski definition) is 1. The van der Waals surface area contributed by atoms with Gasteiger partial charge < -0.3 is 10.1 Å². The van der Waals surface area contributed by atoms with Gasteiger partial charge in [-0.3, -0.25) is 4.90 Å². The molecule has 0 aromatic rings. The molecule has 3 rings (SSSR count). The van der Waals surface area contributed by atoms with Gasteiger partial charge in [0.25, 0.3) is 0 Å². The van der Waals surface area contributed by atoms with Gasteiger partial charge in [-0.2, -0.15) is 0 Å². The van der Waals surface area contributed by atoms with Crippen molar-refractivity contribution in [2.75, 3.05) is 19.7 Å². The summed E-state index contributed by atoms with van der Waals surface area (Å²) < 4.78 is 5.68. The largest absolute Gasteiger partial charge is 0.377 e. The predicted octanol–water partition coefficient (Wildman–Crippen LogP) is 0.990. The van der Waals surface area contributed by atoms with Crippen molar-refractivity contribution in [2.45, 2.75) is 56.8 Å². The third-order valence-electron chi connectivity index (χ3n) is 4.36. The minimum atomic E-state index is 0.446. The molecule has 2 bridgehead atoms. The Balaban J connectivity index is 1.66. The van der Waals surface area contributed by atoms with Gasteiger partial charge in [-0.05, 0) is 32.6 Å². The number of rotatable bonds is 1. The monoisotopic (exact) mass is 210 g/mol. The fraction of sp³-hybridized carbons (Fsp3) is 1.00. The number of ether oxygens (including phenoxy) is 1. The maximum Gasteiger partial charge on any atom is 0.0703 e. The van der Waals surface area contributed by atoms with E-state index in [0.717, 1.165) is 18.7 Å². The van der Waals surface area contributed by atoms with Gasteiger partial charge in [0.15, 0.2) is 0 Å². The molecule has 3 fully saturated rings. The molecule has 86 valence electrons. The maximum absolute atomic E-state index is 5.68. The highest BCUT2D eigenvalue weighted by atomic mass is 16.5. The molecule has 0 aromatic heterocycles. The number of hydrogen-bond acceptors (Lipinski definition) is 3. The summed E-state index contributed by atoms with van der Waals surface area (Å²) in [5.41, 5.74) is 0. The van der Waals surface area contributed by atoms with E-state index in [0.29, 0.717) is 12.1 Å². The summed E-state index contributed by atoms with van der Waals surface area (Å²) in [4.78, 5) is 2.68. The van der Waals surface area contributed by atoms with Crippen LogP contribution in [-0.4, -0.2) is 48.8 Å². The molecule has 0 radical (unpaired) electrons. The first-order chi connectivity index (χ1) is 7.33. The molecule has 3 heteroatoms. The fourth-order valence-electron chi connectivity index (χ4n) is 3.47. The molecule has 3 aliphatic rings. The first-order valence-corrected chi connectivity index (χ1v) is 6.44. The van der Waals surface area contributed by atoms with E-state index in [4.69, 9.17) is 4.74 Å². The van der Waals surface area contributed by atoms with Gasteiger partial charge in [0.05, 0.1) is 6.10 Å². The average molecular weight is 210 g/mol. The second-order valence-electron chi connectivity index (χ2n) is 5.35. The molecule has 15 heavy (non-hydrogen) atoms. The summed E-state index contributed by atoms with van der Waals surface area (Å²) in [7, 11) is 0. The van der Waals surface area contributed by atoms with Crippen molar-refractivity contribution < 1.29 is 4.74 Å².